The molecule has 0 saturated heterocycles. The van der Waals surface area contributed by atoms with Crippen LogP contribution in [0, 0.1) is 0 Å². The van der Waals surface area contributed by atoms with Gasteiger partial charge in [-0.05, 0) is 36.4 Å². The maximum atomic E-state index is 9.97. The van der Waals surface area contributed by atoms with Crippen LogP contribution in [0.4, 0.5) is 22.7 Å². The van der Waals surface area contributed by atoms with E-state index in [-0.39, 0.29) is 16.5 Å². The van der Waals surface area contributed by atoms with Gasteiger partial charge >= 0.3 is 0 Å². The molecule has 3 aromatic carbocycles. The number of phenols is 1. The van der Waals surface area contributed by atoms with Crippen LogP contribution >= 0.6 is 11.6 Å². The first kappa shape index (κ1) is 15.8. The van der Waals surface area contributed by atoms with Gasteiger partial charge in [0.25, 0.3) is 0 Å². The molecule has 0 aliphatic heterocycles. The van der Waals surface area contributed by atoms with Crippen LogP contribution in [0.2, 0.25) is 5.02 Å². The predicted octanol–water partition coefficient (Wildman–Crippen LogP) is 6.88. The number of nitrogens with zero attached hydrogens (tertiary/aromatic N) is 4. The van der Waals surface area contributed by atoms with Gasteiger partial charge in [-0.1, -0.05) is 48.0 Å². The highest BCUT2D eigenvalue weighted by Gasteiger charge is 2.11. The van der Waals surface area contributed by atoms with Crippen molar-refractivity contribution in [2.24, 2.45) is 20.5 Å². The molecule has 1 N–H and O–H groups in total. The van der Waals surface area contributed by atoms with E-state index in [4.69, 9.17) is 11.6 Å². The topological polar surface area (TPSA) is 69.7 Å². The molecule has 3 aromatic rings. The van der Waals surface area contributed by atoms with E-state index in [9.17, 15) is 5.11 Å². The first-order valence-electron chi connectivity index (χ1n) is 7.19. The zero-order chi connectivity index (χ0) is 16.8. The van der Waals surface area contributed by atoms with Crippen molar-refractivity contribution in [3.63, 3.8) is 0 Å². The van der Waals surface area contributed by atoms with Crippen LogP contribution in [0.5, 0.6) is 5.75 Å². The van der Waals surface area contributed by atoms with E-state index in [1.165, 1.54) is 6.07 Å². The molecular weight excluding hydrogens is 324 g/mol. The average Bonchev–Trinajstić information content (AvgIpc) is 2.63. The van der Waals surface area contributed by atoms with Crippen LogP contribution in [-0.2, 0) is 0 Å². The van der Waals surface area contributed by atoms with Gasteiger partial charge in [0.15, 0.2) is 0 Å². The molecule has 0 atom stereocenters. The first-order valence-corrected chi connectivity index (χ1v) is 7.57. The maximum absolute atomic E-state index is 9.97. The number of rotatable bonds is 4. The van der Waals surface area contributed by atoms with Crippen molar-refractivity contribution in [1.82, 2.24) is 0 Å². The molecule has 0 amide bonds. The van der Waals surface area contributed by atoms with Crippen LogP contribution < -0.4 is 0 Å². The Morgan fingerprint density at radius 2 is 1.17 bits per heavy atom. The molecule has 3 rings (SSSR count). The van der Waals surface area contributed by atoms with E-state index in [2.05, 4.69) is 20.5 Å². The quantitative estimate of drug-likeness (QED) is 0.518. The molecule has 0 aliphatic rings. The molecule has 24 heavy (non-hydrogen) atoms. The monoisotopic (exact) mass is 336 g/mol. The highest BCUT2D eigenvalue weighted by Crippen LogP contribution is 2.42. The molecule has 0 unspecified atom stereocenters. The number of azo groups is 2. The summed E-state index contributed by atoms with van der Waals surface area (Å²) in [5.41, 5.74) is 1.92. The van der Waals surface area contributed by atoms with Gasteiger partial charge < -0.3 is 5.11 Å². The van der Waals surface area contributed by atoms with E-state index in [0.29, 0.717) is 17.1 Å². The fourth-order valence-electron chi connectivity index (χ4n) is 1.92. The number of hydrogen-bond donors (Lipinski definition) is 1. The lowest BCUT2D eigenvalue weighted by Crippen LogP contribution is -1.73. The lowest BCUT2D eigenvalue weighted by Gasteiger charge is -2.03. The Morgan fingerprint density at radius 1 is 0.625 bits per heavy atom. The Hall–Kier alpha value is -3.05. The Kier molecular flexibility index (Phi) is 4.93. The average molecular weight is 337 g/mol. The summed E-state index contributed by atoms with van der Waals surface area (Å²) in [4.78, 5) is 0. The minimum Gasteiger partial charge on any atom is -0.506 e. The third kappa shape index (κ3) is 3.83. The minimum atomic E-state index is -0.0710. The number of phenolic OH excluding ortho intramolecular Hbond substituents is 1. The van der Waals surface area contributed by atoms with Gasteiger partial charge in [-0.3, -0.25) is 0 Å². The minimum absolute atomic E-state index is 0.0710. The molecule has 0 spiro atoms. The number of hydrogen-bond acceptors (Lipinski definition) is 5. The van der Waals surface area contributed by atoms with Crippen LogP contribution in [0.1, 0.15) is 0 Å². The third-order valence-electron chi connectivity index (χ3n) is 3.13. The van der Waals surface area contributed by atoms with Gasteiger partial charge in [0.1, 0.15) is 17.1 Å². The maximum Gasteiger partial charge on any atom is 0.148 e. The fraction of sp³-hybridized carbons (Fsp3) is 0. The van der Waals surface area contributed by atoms with Crippen molar-refractivity contribution in [3.8, 4) is 5.75 Å². The molecular formula is C18H13ClN4O. The molecule has 0 bridgehead atoms. The smallest absolute Gasteiger partial charge is 0.148 e. The molecule has 0 saturated carbocycles. The lowest BCUT2D eigenvalue weighted by atomic mass is 10.2. The SMILES string of the molecule is Oc1ccc(N=Nc2ccccc2)c(Cl)c1N=Nc1ccccc1. The van der Waals surface area contributed by atoms with E-state index in [1.54, 1.807) is 18.2 Å². The van der Waals surface area contributed by atoms with Crippen LogP contribution in [0.25, 0.3) is 0 Å². The van der Waals surface area contributed by atoms with Crippen LogP contribution in [-0.4, -0.2) is 5.11 Å². The molecule has 0 heterocycles. The van der Waals surface area contributed by atoms with E-state index in [0.717, 1.165) is 0 Å². The van der Waals surface area contributed by atoms with Crippen molar-refractivity contribution in [2.45, 2.75) is 0 Å². The summed E-state index contributed by atoms with van der Waals surface area (Å²) in [7, 11) is 0. The molecule has 6 heteroatoms. The Labute approximate surface area is 144 Å². The number of halogens is 1. The summed E-state index contributed by atoms with van der Waals surface area (Å²) >= 11 is 6.28. The zero-order valence-corrected chi connectivity index (χ0v) is 13.3. The summed E-state index contributed by atoms with van der Waals surface area (Å²) in [5.74, 6) is -0.0710. The Morgan fingerprint density at radius 3 is 1.75 bits per heavy atom. The molecule has 0 aliphatic carbocycles. The first-order chi connectivity index (χ1) is 11.7. The number of aromatic hydroxyl groups is 1. The lowest BCUT2D eigenvalue weighted by molar-refractivity contribution is 0.476. The van der Waals surface area contributed by atoms with E-state index >= 15 is 0 Å². The molecule has 0 fully saturated rings. The van der Waals surface area contributed by atoms with Crippen LogP contribution in [0.15, 0.2) is 93.3 Å². The van der Waals surface area contributed by atoms with Crippen LogP contribution in [0.3, 0.4) is 0 Å². The largest absolute Gasteiger partial charge is 0.506 e. The van der Waals surface area contributed by atoms with Gasteiger partial charge in [0.05, 0.1) is 16.4 Å². The van der Waals surface area contributed by atoms with Crippen molar-refractivity contribution >= 4 is 34.4 Å². The summed E-state index contributed by atoms with van der Waals surface area (Å²) in [5, 5.41) is 26.5. The number of benzene rings is 3. The summed E-state index contributed by atoms with van der Waals surface area (Å²) < 4.78 is 0. The summed E-state index contributed by atoms with van der Waals surface area (Å²) in [6.45, 7) is 0. The summed E-state index contributed by atoms with van der Waals surface area (Å²) in [6, 6.07) is 21.5. The molecule has 0 radical (unpaired) electrons. The Balaban J connectivity index is 1.90. The Bertz CT molecular complexity index is 880. The second-order valence-corrected chi connectivity index (χ2v) is 5.22. The highest BCUT2D eigenvalue weighted by atomic mass is 35.5. The third-order valence-corrected chi connectivity index (χ3v) is 3.50. The van der Waals surface area contributed by atoms with Crippen molar-refractivity contribution in [2.75, 3.05) is 0 Å². The van der Waals surface area contributed by atoms with E-state index in [1.807, 2.05) is 48.5 Å². The van der Waals surface area contributed by atoms with Gasteiger partial charge in [-0.15, -0.1) is 10.2 Å². The van der Waals surface area contributed by atoms with Crippen molar-refractivity contribution < 1.29 is 5.11 Å². The second-order valence-electron chi connectivity index (χ2n) is 4.84. The standard InChI is InChI=1S/C18H13ClN4O/c19-17-15(22-20-13-7-3-1-4-8-13)11-12-16(24)18(17)23-21-14-9-5-2-6-10-14/h1-12,24H. The predicted molar refractivity (Wildman–Crippen MR) is 94.4 cm³/mol. The van der Waals surface area contributed by atoms with E-state index < -0.39 is 0 Å². The molecule has 0 aromatic heterocycles. The van der Waals surface area contributed by atoms with Gasteiger partial charge in [0.2, 0.25) is 0 Å². The zero-order valence-electron chi connectivity index (χ0n) is 12.5. The van der Waals surface area contributed by atoms with Gasteiger partial charge in [-0.2, -0.15) is 10.2 Å². The highest BCUT2D eigenvalue weighted by molar-refractivity contribution is 6.35. The van der Waals surface area contributed by atoms with Crippen molar-refractivity contribution in [3.05, 3.63) is 77.8 Å². The van der Waals surface area contributed by atoms with Crippen molar-refractivity contribution in [1.29, 1.82) is 0 Å². The summed E-state index contributed by atoms with van der Waals surface area (Å²) in [6.07, 6.45) is 0. The molecule has 118 valence electrons. The van der Waals surface area contributed by atoms with Gasteiger partial charge in [0, 0.05) is 0 Å². The fourth-order valence-corrected chi connectivity index (χ4v) is 2.16. The molecule has 5 nitrogen and oxygen atoms in total. The van der Waals surface area contributed by atoms with Gasteiger partial charge in [-0.25, -0.2) is 0 Å². The normalized spacial score (nSPS) is 11.4. The second kappa shape index (κ2) is 7.48.